The van der Waals surface area contributed by atoms with Crippen LogP contribution in [-0.2, 0) is 0 Å². The van der Waals surface area contributed by atoms with Gasteiger partial charge < -0.3 is 5.32 Å². The van der Waals surface area contributed by atoms with Crippen LogP contribution in [0.1, 0.15) is 0 Å². The van der Waals surface area contributed by atoms with Crippen molar-refractivity contribution in [3.8, 4) is 0 Å². The smallest absolute Gasteiger partial charge is 0.189 e. The summed E-state index contributed by atoms with van der Waals surface area (Å²) in [6.45, 7) is 0. The van der Waals surface area contributed by atoms with Crippen molar-refractivity contribution in [2.24, 2.45) is 0 Å². The van der Waals surface area contributed by atoms with Crippen LogP contribution < -0.4 is 11.1 Å². The number of anilines is 1. The van der Waals surface area contributed by atoms with Gasteiger partial charge in [-0.1, -0.05) is 6.07 Å². The van der Waals surface area contributed by atoms with Crippen LogP contribution in [0.3, 0.4) is 0 Å². The first-order valence-corrected chi connectivity index (χ1v) is 4.54. The molecule has 69 valence electrons. The summed E-state index contributed by atoms with van der Waals surface area (Å²) < 4.78 is 0. The van der Waals surface area contributed by atoms with Gasteiger partial charge in [-0.2, -0.15) is 0 Å². The van der Waals surface area contributed by atoms with Gasteiger partial charge in [-0.3, -0.25) is 10.7 Å². The zero-order valence-corrected chi connectivity index (χ0v) is 8.14. The van der Waals surface area contributed by atoms with Crippen LogP contribution in [0.25, 0.3) is 10.9 Å². The van der Waals surface area contributed by atoms with Crippen LogP contribution in [0, 0.1) is 0 Å². The van der Waals surface area contributed by atoms with Gasteiger partial charge in [0.15, 0.2) is 5.11 Å². The van der Waals surface area contributed by atoms with Crippen molar-refractivity contribution >= 4 is 33.9 Å². The molecule has 0 spiro atoms. The Bertz CT molecular complexity index is 476. The zero-order chi connectivity index (χ0) is 9.97. The van der Waals surface area contributed by atoms with Crippen molar-refractivity contribution in [2.75, 3.05) is 5.32 Å². The van der Waals surface area contributed by atoms with Gasteiger partial charge in [-0.05, 0) is 36.5 Å². The monoisotopic (exact) mass is 202 g/mol. The molecule has 4 heteroatoms. The van der Waals surface area contributed by atoms with Crippen molar-refractivity contribution in [2.45, 2.75) is 0 Å². The predicted octanol–water partition coefficient (Wildman–Crippen LogP) is 2.21. The summed E-state index contributed by atoms with van der Waals surface area (Å²) in [6, 6.07) is 9.50. The molecule has 2 rings (SSSR count). The van der Waals surface area contributed by atoms with E-state index >= 15 is 0 Å². The van der Waals surface area contributed by atoms with E-state index in [1.54, 1.807) is 6.20 Å². The summed E-state index contributed by atoms with van der Waals surface area (Å²) in [5.74, 6) is 0. The topological polar surface area (TPSA) is 48.7 Å². The Morgan fingerprint density at radius 2 is 2.14 bits per heavy atom. The van der Waals surface area contributed by atoms with Crippen molar-refractivity contribution < 1.29 is 0 Å². The van der Waals surface area contributed by atoms with E-state index in [4.69, 9.17) is 5.73 Å². The molecule has 0 fully saturated rings. The van der Waals surface area contributed by atoms with Gasteiger partial charge in [0.2, 0.25) is 0 Å². The number of thiocarbonyl (C=S) groups is 1. The highest BCUT2D eigenvalue weighted by Crippen LogP contribution is 2.20. The normalized spacial score (nSPS) is 10.0. The lowest BCUT2D eigenvalue weighted by Gasteiger charge is -2.05. The third-order valence-electron chi connectivity index (χ3n) is 1.89. The third kappa shape index (κ3) is 1.65. The molecule has 1 aromatic carbocycles. The van der Waals surface area contributed by atoms with Gasteiger partial charge in [-0.15, -0.1) is 0 Å². The minimum Gasteiger partial charge on any atom is -0.331 e. The summed E-state index contributed by atoms with van der Waals surface area (Å²) in [5, 5.41) is 3.80. The van der Waals surface area contributed by atoms with Gasteiger partial charge >= 0.3 is 0 Å². The fourth-order valence-corrected chi connectivity index (χ4v) is 1.44. The molecule has 0 saturated heterocycles. The maximum absolute atomic E-state index is 7.19. The largest absolute Gasteiger partial charge is 0.331 e. The van der Waals surface area contributed by atoms with Gasteiger partial charge in [0.1, 0.15) is 0 Å². The number of hydrogen-bond acceptors (Lipinski definition) is 2. The maximum atomic E-state index is 7.19. The quantitative estimate of drug-likeness (QED) is 0.721. The lowest BCUT2D eigenvalue weighted by molar-refractivity contribution is 1.41. The average Bonchev–Trinajstić information content (AvgIpc) is 2.18. The molecule has 14 heavy (non-hydrogen) atoms. The van der Waals surface area contributed by atoms with E-state index in [0.29, 0.717) is 0 Å². The number of hydrogen-bond donors (Lipinski definition) is 1. The number of aromatic nitrogens is 1. The van der Waals surface area contributed by atoms with E-state index in [1.165, 1.54) is 0 Å². The van der Waals surface area contributed by atoms with Crippen LogP contribution in [0.15, 0.2) is 36.5 Å². The highest BCUT2D eigenvalue weighted by molar-refractivity contribution is 7.80. The number of rotatable bonds is 1. The van der Waals surface area contributed by atoms with Crippen molar-refractivity contribution in [3.05, 3.63) is 36.5 Å². The fourth-order valence-electron chi connectivity index (χ4n) is 1.33. The van der Waals surface area contributed by atoms with Gasteiger partial charge in [-0.25, -0.2) is 0 Å². The summed E-state index contributed by atoms with van der Waals surface area (Å²) in [5.41, 5.74) is 8.92. The van der Waals surface area contributed by atoms with Crippen molar-refractivity contribution in [1.82, 2.24) is 10.7 Å². The predicted molar refractivity (Wildman–Crippen MR) is 61.1 cm³/mol. The number of pyridine rings is 1. The molecular weight excluding hydrogens is 194 g/mol. The number of fused-ring (bicyclic) bond motifs is 1. The molecule has 1 radical (unpaired) electrons. The Morgan fingerprint density at radius 1 is 1.29 bits per heavy atom. The molecule has 0 bridgehead atoms. The first-order chi connectivity index (χ1) is 6.77. The molecule has 2 aromatic rings. The van der Waals surface area contributed by atoms with Crippen LogP contribution in [0.4, 0.5) is 5.69 Å². The minimum absolute atomic E-state index is 0.0151. The fraction of sp³-hybridized carbons (Fsp3) is 0. The standard InChI is InChI=1S/C10H8N3S/c11-10(14)13-9-5-1-4-8-7(9)3-2-6-12-8/h1-6,11H,(H,13,14). The van der Waals surface area contributed by atoms with Gasteiger partial charge in [0, 0.05) is 17.3 Å². The van der Waals surface area contributed by atoms with E-state index in [2.05, 4.69) is 22.5 Å². The molecule has 1 heterocycles. The zero-order valence-electron chi connectivity index (χ0n) is 7.32. The molecule has 0 atom stereocenters. The van der Waals surface area contributed by atoms with Crippen molar-refractivity contribution in [3.63, 3.8) is 0 Å². The first-order valence-electron chi connectivity index (χ1n) is 4.14. The summed E-state index contributed by atoms with van der Waals surface area (Å²) >= 11 is 4.68. The van der Waals surface area contributed by atoms with E-state index in [9.17, 15) is 0 Å². The molecular formula is C10H8N3S. The maximum Gasteiger partial charge on any atom is 0.189 e. The van der Waals surface area contributed by atoms with Crippen molar-refractivity contribution in [1.29, 1.82) is 0 Å². The second-order valence-electron chi connectivity index (χ2n) is 2.83. The SMILES string of the molecule is [NH]C(=S)Nc1cccc2ncccc12. The highest BCUT2D eigenvalue weighted by Gasteiger charge is 2.00. The first kappa shape index (κ1) is 8.90. The molecule has 0 amide bonds. The Hall–Kier alpha value is -1.68. The van der Waals surface area contributed by atoms with Crippen LogP contribution in [0.5, 0.6) is 0 Å². The third-order valence-corrected chi connectivity index (χ3v) is 2.00. The second-order valence-corrected chi connectivity index (χ2v) is 3.24. The number of nitrogens with one attached hydrogen (secondary N) is 2. The Labute approximate surface area is 86.9 Å². The number of benzene rings is 1. The Balaban J connectivity index is 2.59. The second kappa shape index (κ2) is 3.59. The average molecular weight is 202 g/mol. The van der Waals surface area contributed by atoms with Crippen LogP contribution >= 0.6 is 12.2 Å². The van der Waals surface area contributed by atoms with E-state index in [0.717, 1.165) is 16.6 Å². The molecule has 0 aliphatic heterocycles. The lowest BCUT2D eigenvalue weighted by atomic mass is 10.2. The van der Waals surface area contributed by atoms with Gasteiger partial charge in [0.05, 0.1) is 5.52 Å². The summed E-state index contributed by atoms with van der Waals surface area (Å²) in [4.78, 5) is 4.20. The Morgan fingerprint density at radius 3 is 2.93 bits per heavy atom. The Kier molecular flexibility index (Phi) is 2.28. The van der Waals surface area contributed by atoms with E-state index < -0.39 is 0 Å². The molecule has 2 N–H and O–H groups in total. The van der Waals surface area contributed by atoms with Gasteiger partial charge in [0.25, 0.3) is 0 Å². The highest BCUT2D eigenvalue weighted by atomic mass is 32.1. The molecule has 0 aliphatic rings. The minimum atomic E-state index is 0.0151. The molecule has 1 aromatic heterocycles. The lowest BCUT2D eigenvalue weighted by Crippen LogP contribution is -2.09. The van der Waals surface area contributed by atoms with Crippen LogP contribution in [0.2, 0.25) is 0 Å². The molecule has 3 nitrogen and oxygen atoms in total. The molecule has 0 unspecified atom stereocenters. The van der Waals surface area contributed by atoms with E-state index in [1.807, 2.05) is 30.3 Å². The van der Waals surface area contributed by atoms with Crippen LogP contribution in [-0.4, -0.2) is 10.1 Å². The summed E-state index contributed by atoms with van der Waals surface area (Å²) in [7, 11) is 0. The van der Waals surface area contributed by atoms with E-state index in [-0.39, 0.29) is 5.11 Å². The molecule has 0 aliphatic carbocycles. The summed E-state index contributed by atoms with van der Waals surface area (Å²) in [6.07, 6.45) is 1.74. The molecule has 0 saturated carbocycles. The number of nitrogens with zero attached hydrogens (tertiary/aromatic N) is 1.